The van der Waals surface area contributed by atoms with E-state index < -0.39 is 41.4 Å². The lowest BCUT2D eigenvalue weighted by Crippen LogP contribution is -2.53. The molecule has 2 aromatic rings. The van der Waals surface area contributed by atoms with Crippen LogP contribution in [0.3, 0.4) is 0 Å². The van der Waals surface area contributed by atoms with Crippen molar-refractivity contribution in [3.8, 4) is 0 Å². The summed E-state index contributed by atoms with van der Waals surface area (Å²) in [7, 11) is 0. The van der Waals surface area contributed by atoms with Gasteiger partial charge in [-0.1, -0.05) is 38.1 Å². The first kappa shape index (κ1) is 28.3. The number of nitrogens with one attached hydrogen (secondary N) is 2. The van der Waals surface area contributed by atoms with Crippen LogP contribution in [0.1, 0.15) is 75.1 Å². The maximum absolute atomic E-state index is 13.1. The van der Waals surface area contributed by atoms with Crippen LogP contribution in [0.25, 0.3) is 10.8 Å². The molecule has 0 spiro atoms. The zero-order valence-electron chi connectivity index (χ0n) is 22.4. The Morgan fingerprint density at radius 2 is 1.54 bits per heavy atom. The standard InChI is InChI=1S/C28H37N3O6/c1-7-36-30-24(32)23(14-17(2)3)29-22(27(35)37-28(4,5)6)12-13-31-25(33)20-15-18-10-8-9-11-19(18)16-21(20)26(31)34/h8-11,15-17,22-23,29H,7,12-14H2,1-6H3,(H,30,32)/t22-,23+/m1/s1. The number of hydroxylamine groups is 1. The second kappa shape index (κ2) is 11.8. The molecule has 1 aliphatic heterocycles. The number of esters is 1. The number of amides is 3. The minimum atomic E-state index is -0.932. The van der Waals surface area contributed by atoms with Crippen molar-refractivity contribution in [3.05, 3.63) is 47.5 Å². The molecule has 2 N–H and O–H groups in total. The Balaban J connectivity index is 1.81. The van der Waals surface area contributed by atoms with Gasteiger partial charge in [-0.25, -0.2) is 5.48 Å². The summed E-state index contributed by atoms with van der Waals surface area (Å²) in [5.74, 6) is -1.62. The Hall–Kier alpha value is -3.30. The summed E-state index contributed by atoms with van der Waals surface area (Å²) in [4.78, 5) is 58.4. The average molecular weight is 512 g/mol. The fraction of sp³-hybridized carbons (Fsp3) is 0.500. The molecule has 9 nitrogen and oxygen atoms in total. The van der Waals surface area contributed by atoms with Crippen LogP contribution in [-0.4, -0.2) is 59.4 Å². The number of carbonyl (C=O) groups excluding carboxylic acids is 4. The molecule has 0 bridgehead atoms. The first-order chi connectivity index (χ1) is 17.4. The Morgan fingerprint density at radius 1 is 0.973 bits per heavy atom. The van der Waals surface area contributed by atoms with Gasteiger partial charge >= 0.3 is 5.97 Å². The van der Waals surface area contributed by atoms with E-state index >= 15 is 0 Å². The van der Waals surface area contributed by atoms with E-state index in [1.807, 2.05) is 38.1 Å². The number of nitrogens with zero attached hydrogens (tertiary/aromatic N) is 1. The van der Waals surface area contributed by atoms with Gasteiger partial charge in [0.25, 0.3) is 17.7 Å². The minimum absolute atomic E-state index is 0.0128. The first-order valence-electron chi connectivity index (χ1n) is 12.7. The number of ether oxygens (including phenoxy) is 1. The third-order valence-electron chi connectivity index (χ3n) is 5.91. The van der Waals surface area contributed by atoms with Gasteiger partial charge < -0.3 is 4.74 Å². The largest absolute Gasteiger partial charge is 0.459 e. The molecule has 0 saturated heterocycles. The van der Waals surface area contributed by atoms with Crippen LogP contribution in [-0.2, 0) is 19.2 Å². The third-order valence-corrected chi connectivity index (χ3v) is 5.91. The fourth-order valence-electron chi connectivity index (χ4n) is 4.26. The van der Waals surface area contributed by atoms with Crippen LogP contribution in [0, 0.1) is 5.92 Å². The molecule has 3 amide bonds. The minimum Gasteiger partial charge on any atom is -0.459 e. The number of imide groups is 1. The second-order valence-corrected chi connectivity index (χ2v) is 10.6. The second-order valence-electron chi connectivity index (χ2n) is 10.6. The number of rotatable bonds is 11. The lowest BCUT2D eigenvalue weighted by molar-refractivity contribution is -0.158. The maximum atomic E-state index is 13.1. The van der Waals surface area contributed by atoms with E-state index in [-0.39, 0.29) is 18.9 Å². The third kappa shape index (κ3) is 7.14. The van der Waals surface area contributed by atoms with Crippen LogP contribution >= 0.6 is 0 Å². The van der Waals surface area contributed by atoms with Crippen molar-refractivity contribution in [1.82, 2.24) is 15.7 Å². The number of fused-ring (bicyclic) bond motifs is 2. The molecule has 3 rings (SSSR count). The van der Waals surface area contributed by atoms with Gasteiger partial charge in [0.2, 0.25) is 0 Å². The van der Waals surface area contributed by atoms with Gasteiger partial charge in [-0.05, 0) is 69.4 Å². The van der Waals surface area contributed by atoms with Crippen molar-refractivity contribution in [3.63, 3.8) is 0 Å². The topological polar surface area (TPSA) is 114 Å². The molecular weight excluding hydrogens is 474 g/mol. The summed E-state index contributed by atoms with van der Waals surface area (Å²) in [5.41, 5.74) is 2.33. The van der Waals surface area contributed by atoms with Gasteiger partial charge in [-0.15, -0.1) is 0 Å². The summed E-state index contributed by atoms with van der Waals surface area (Å²) >= 11 is 0. The molecule has 0 unspecified atom stereocenters. The Bertz CT molecular complexity index is 1120. The van der Waals surface area contributed by atoms with Crippen molar-refractivity contribution in [2.45, 2.75) is 72.1 Å². The molecule has 0 saturated carbocycles. The molecule has 0 radical (unpaired) electrons. The molecule has 9 heteroatoms. The molecule has 0 aromatic heterocycles. The SMILES string of the molecule is CCONC(=O)[C@H](CC(C)C)N[C@H](CCN1C(=O)c2cc3ccccc3cc2C1=O)C(=O)OC(C)(C)C. The number of hydrogen-bond acceptors (Lipinski definition) is 7. The highest BCUT2D eigenvalue weighted by Crippen LogP contribution is 2.28. The zero-order chi connectivity index (χ0) is 27.3. The van der Waals surface area contributed by atoms with Crippen LogP contribution in [0.15, 0.2) is 36.4 Å². The monoisotopic (exact) mass is 511 g/mol. The molecule has 200 valence electrons. The highest BCUT2D eigenvalue weighted by Gasteiger charge is 2.37. The van der Waals surface area contributed by atoms with Gasteiger partial charge in [-0.3, -0.25) is 34.2 Å². The molecule has 2 atom stereocenters. The van der Waals surface area contributed by atoms with E-state index in [4.69, 9.17) is 9.57 Å². The number of carbonyl (C=O) groups is 4. The average Bonchev–Trinajstić information content (AvgIpc) is 3.05. The molecule has 2 aromatic carbocycles. The maximum Gasteiger partial charge on any atom is 0.323 e. The number of benzene rings is 2. The molecule has 0 fully saturated rings. The van der Waals surface area contributed by atoms with Gasteiger partial charge in [0.05, 0.1) is 23.8 Å². The van der Waals surface area contributed by atoms with Crippen LogP contribution < -0.4 is 10.8 Å². The zero-order valence-corrected chi connectivity index (χ0v) is 22.4. The smallest absolute Gasteiger partial charge is 0.323 e. The van der Waals surface area contributed by atoms with Crippen molar-refractivity contribution < 1.29 is 28.8 Å². The molecule has 37 heavy (non-hydrogen) atoms. The van der Waals surface area contributed by atoms with E-state index in [1.165, 1.54) is 0 Å². The van der Waals surface area contributed by atoms with Gasteiger partial charge in [0, 0.05) is 6.54 Å². The van der Waals surface area contributed by atoms with E-state index in [0.29, 0.717) is 24.2 Å². The van der Waals surface area contributed by atoms with Crippen molar-refractivity contribution >= 4 is 34.5 Å². The summed E-state index contributed by atoms with van der Waals surface area (Å²) in [5, 5.41) is 4.84. The molecule has 1 heterocycles. The van der Waals surface area contributed by atoms with Crippen LogP contribution in [0.5, 0.6) is 0 Å². The first-order valence-corrected chi connectivity index (χ1v) is 12.7. The molecule has 0 aliphatic carbocycles. The van der Waals surface area contributed by atoms with Crippen molar-refractivity contribution in [2.24, 2.45) is 5.92 Å². The van der Waals surface area contributed by atoms with E-state index in [1.54, 1.807) is 39.8 Å². The summed E-state index contributed by atoms with van der Waals surface area (Å²) < 4.78 is 5.60. The lowest BCUT2D eigenvalue weighted by atomic mass is 10.0. The van der Waals surface area contributed by atoms with Gasteiger partial charge in [-0.2, -0.15) is 0 Å². The van der Waals surface area contributed by atoms with Crippen molar-refractivity contribution in [2.75, 3.05) is 13.2 Å². The van der Waals surface area contributed by atoms with Crippen LogP contribution in [0.4, 0.5) is 0 Å². The van der Waals surface area contributed by atoms with Gasteiger partial charge in [0.15, 0.2) is 0 Å². The van der Waals surface area contributed by atoms with Crippen LogP contribution in [0.2, 0.25) is 0 Å². The Morgan fingerprint density at radius 3 is 2.03 bits per heavy atom. The summed E-state index contributed by atoms with van der Waals surface area (Å²) in [6.45, 7) is 11.2. The van der Waals surface area contributed by atoms with Crippen molar-refractivity contribution in [1.29, 1.82) is 0 Å². The fourth-order valence-corrected chi connectivity index (χ4v) is 4.26. The van der Waals surface area contributed by atoms with E-state index in [9.17, 15) is 19.2 Å². The molecular formula is C28H37N3O6. The predicted octanol–water partition coefficient (Wildman–Crippen LogP) is 3.61. The summed E-state index contributed by atoms with van der Waals surface area (Å²) in [6.07, 6.45) is 0.522. The summed E-state index contributed by atoms with van der Waals surface area (Å²) in [6, 6.07) is 9.31. The van der Waals surface area contributed by atoms with E-state index in [0.717, 1.165) is 15.7 Å². The van der Waals surface area contributed by atoms with Gasteiger partial charge in [0.1, 0.15) is 11.6 Å². The predicted molar refractivity (Wildman–Crippen MR) is 140 cm³/mol. The highest BCUT2D eigenvalue weighted by molar-refractivity contribution is 6.23. The Kier molecular flexibility index (Phi) is 9.04. The van der Waals surface area contributed by atoms with E-state index in [2.05, 4.69) is 10.8 Å². The normalized spacial score (nSPS) is 15.2. The quantitative estimate of drug-likeness (QED) is 0.269. The highest BCUT2D eigenvalue weighted by atomic mass is 16.6. The number of hydrogen-bond donors (Lipinski definition) is 2. The molecule has 1 aliphatic rings. The Labute approximate surface area is 217 Å². The lowest BCUT2D eigenvalue weighted by Gasteiger charge is -2.29.